The summed E-state index contributed by atoms with van der Waals surface area (Å²) in [6.07, 6.45) is 6.34. The molecular formula is C27H28Cl2N2O2. The number of carbonyl (C=O) groups is 1. The summed E-state index contributed by atoms with van der Waals surface area (Å²) in [5.74, 6) is -0.119. The van der Waals surface area contributed by atoms with Crippen LogP contribution in [0.4, 0.5) is 5.69 Å². The van der Waals surface area contributed by atoms with E-state index in [2.05, 4.69) is 28.9 Å². The highest BCUT2D eigenvalue weighted by Gasteiger charge is 2.49. The van der Waals surface area contributed by atoms with Gasteiger partial charge in [-0.3, -0.25) is 4.79 Å². The largest absolute Gasteiger partial charge is 0.354 e. The van der Waals surface area contributed by atoms with Gasteiger partial charge in [0, 0.05) is 39.2 Å². The fourth-order valence-electron chi connectivity index (χ4n) is 5.07. The van der Waals surface area contributed by atoms with Gasteiger partial charge in [-0.25, -0.2) is 0 Å². The first-order valence-electron chi connectivity index (χ1n) is 11.7. The minimum atomic E-state index is -0.469. The number of halogens is 2. The van der Waals surface area contributed by atoms with Gasteiger partial charge >= 0.3 is 0 Å². The van der Waals surface area contributed by atoms with Gasteiger partial charge in [0.05, 0.1) is 0 Å². The van der Waals surface area contributed by atoms with Gasteiger partial charge in [-0.05, 0) is 74.1 Å². The molecule has 0 saturated carbocycles. The van der Waals surface area contributed by atoms with E-state index in [1.807, 2.05) is 24.3 Å². The quantitative estimate of drug-likeness (QED) is 0.402. The lowest BCUT2D eigenvalue weighted by Crippen LogP contribution is -2.18. The van der Waals surface area contributed by atoms with Crippen LogP contribution in [0.1, 0.15) is 59.9 Å². The molecule has 2 aromatic carbocycles. The Bertz CT molecular complexity index is 1170. The Balaban J connectivity index is 1.43. The number of hydrogen-bond acceptors (Lipinski definition) is 2. The number of rotatable bonds is 5. The van der Waals surface area contributed by atoms with Crippen molar-refractivity contribution >= 4 is 34.8 Å². The maximum Gasteiger partial charge on any atom is 0.256 e. The summed E-state index contributed by atoms with van der Waals surface area (Å²) in [6.45, 7) is 2.97. The third-order valence-corrected chi connectivity index (χ3v) is 7.25. The summed E-state index contributed by atoms with van der Waals surface area (Å²) in [7, 11) is 0. The van der Waals surface area contributed by atoms with Crippen molar-refractivity contribution in [1.29, 1.82) is 0 Å². The number of aromatic nitrogens is 1. The molecule has 172 valence electrons. The van der Waals surface area contributed by atoms with Crippen molar-refractivity contribution in [3.05, 3.63) is 86.7 Å². The molecular weight excluding hydrogens is 455 g/mol. The maximum atomic E-state index is 12.9. The van der Waals surface area contributed by atoms with Crippen molar-refractivity contribution in [3.63, 3.8) is 0 Å². The highest BCUT2D eigenvalue weighted by Crippen LogP contribution is 2.45. The number of nitrogens with zero attached hydrogens (tertiary/aromatic N) is 1. The zero-order valence-corrected chi connectivity index (χ0v) is 20.3. The fraction of sp³-hybridized carbons (Fsp3) is 0.370. The molecule has 1 fully saturated rings. The summed E-state index contributed by atoms with van der Waals surface area (Å²) in [4.78, 5) is 12.9. The van der Waals surface area contributed by atoms with E-state index >= 15 is 0 Å². The standard InChI is InChI=1S/C27H28Cl2N2O2/c1-17-24(25-26(33-25)27(32)30-21-8-6-7-20(29)15-21)22-9-4-2-3-5-10-23(22)31(17)16-18-11-13-19(28)14-12-18/h6-8,11-15,25-26H,2-5,9-10,16H2,1H3,(H,30,32). The van der Waals surface area contributed by atoms with Crippen molar-refractivity contribution < 1.29 is 9.53 Å². The van der Waals surface area contributed by atoms with E-state index in [4.69, 9.17) is 27.9 Å². The van der Waals surface area contributed by atoms with E-state index in [1.54, 1.807) is 12.1 Å². The molecule has 5 rings (SSSR count). The first kappa shape index (κ1) is 22.5. The number of nitrogens with one attached hydrogen (secondary N) is 1. The number of amides is 1. The molecule has 2 heterocycles. The number of ether oxygens (including phenoxy) is 1. The van der Waals surface area contributed by atoms with E-state index in [-0.39, 0.29) is 12.0 Å². The third kappa shape index (κ3) is 4.84. The minimum absolute atomic E-state index is 0.119. The number of epoxide rings is 1. The van der Waals surface area contributed by atoms with Crippen LogP contribution in [0.25, 0.3) is 0 Å². The van der Waals surface area contributed by atoms with E-state index in [0.29, 0.717) is 10.7 Å². The van der Waals surface area contributed by atoms with Crippen LogP contribution in [-0.2, 0) is 28.9 Å². The van der Waals surface area contributed by atoms with E-state index in [1.165, 1.54) is 53.8 Å². The van der Waals surface area contributed by atoms with Gasteiger partial charge in [0.2, 0.25) is 0 Å². The number of fused-ring (bicyclic) bond motifs is 1. The zero-order chi connectivity index (χ0) is 22.9. The third-order valence-electron chi connectivity index (χ3n) is 6.76. The lowest BCUT2D eigenvalue weighted by molar-refractivity contribution is -0.117. The number of hydrogen-bond donors (Lipinski definition) is 1. The summed E-state index contributed by atoms with van der Waals surface area (Å²) >= 11 is 12.2. The molecule has 33 heavy (non-hydrogen) atoms. The van der Waals surface area contributed by atoms with Crippen LogP contribution >= 0.6 is 23.2 Å². The van der Waals surface area contributed by atoms with Crippen molar-refractivity contribution in [3.8, 4) is 0 Å². The molecule has 0 radical (unpaired) electrons. The Morgan fingerprint density at radius 2 is 1.79 bits per heavy atom. The molecule has 1 aliphatic carbocycles. The summed E-state index contributed by atoms with van der Waals surface area (Å²) < 4.78 is 8.43. The second-order valence-corrected chi connectivity index (χ2v) is 9.90. The van der Waals surface area contributed by atoms with Crippen LogP contribution in [0.15, 0.2) is 48.5 Å². The first-order valence-corrected chi connectivity index (χ1v) is 12.4. The number of anilines is 1. The second kappa shape index (κ2) is 9.54. The van der Waals surface area contributed by atoms with Gasteiger partial charge in [0.1, 0.15) is 6.10 Å². The molecule has 6 heteroatoms. The van der Waals surface area contributed by atoms with Gasteiger partial charge in [-0.1, -0.05) is 54.2 Å². The smallest absolute Gasteiger partial charge is 0.256 e. The molecule has 1 aliphatic heterocycles. The average molecular weight is 483 g/mol. The van der Waals surface area contributed by atoms with Crippen LogP contribution in [0.5, 0.6) is 0 Å². The van der Waals surface area contributed by atoms with Crippen molar-refractivity contribution in [1.82, 2.24) is 4.57 Å². The molecule has 2 atom stereocenters. The molecule has 0 bridgehead atoms. The Morgan fingerprint density at radius 1 is 1.03 bits per heavy atom. The molecule has 1 aromatic heterocycles. The van der Waals surface area contributed by atoms with Gasteiger partial charge in [-0.15, -0.1) is 0 Å². The predicted octanol–water partition coefficient (Wildman–Crippen LogP) is 6.89. The van der Waals surface area contributed by atoms with Gasteiger partial charge in [-0.2, -0.15) is 0 Å². The van der Waals surface area contributed by atoms with Crippen LogP contribution in [0.2, 0.25) is 10.0 Å². The van der Waals surface area contributed by atoms with E-state index in [0.717, 1.165) is 24.4 Å². The molecule has 4 nitrogen and oxygen atoms in total. The zero-order valence-electron chi connectivity index (χ0n) is 18.7. The predicted molar refractivity (Wildman–Crippen MR) is 133 cm³/mol. The molecule has 3 aromatic rings. The SMILES string of the molecule is Cc1c(C2OC2C(=O)Nc2cccc(Cl)c2)c2c(n1Cc1ccc(Cl)cc1)CCCCCC2. The fourth-order valence-corrected chi connectivity index (χ4v) is 5.39. The molecule has 1 saturated heterocycles. The van der Waals surface area contributed by atoms with Crippen molar-refractivity contribution in [2.24, 2.45) is 0 Å². The molecule has 0 spiro atoms. The number of carbonyl (C=O) groups excluding carboxylic acids is 1. The van der Waals surface area contributed by atoms with Gasteiger partial charge in [0.15, 0.2) is 6.10 Å². The minimum Gasteiger partial charge on any atom is -0.354 e. The highest BCUT2D eigenvalue weighted by molar-refractivity contribution is 6.31. The first-order chi connectivity index (χ1) is 16.0. The lowest BCUT2D eigenvalue weighted by Gasteiger charge is -2.15. The lowest BCUT2D eigenvalue weighted by atomic mass is 9.93. The molecule has 1 N–H and O–H groups in total. The van der Waals surface area contributed by atoms with Gasteiger partial charge in [0.25, 0.3) is 5.91 Å². The molecule has 2 unspecified atom stereocenters. The highest BCUT2D eigenvalue weighted by atomic mass is 35.5. The Kier molecular flexibility index (Phi) is 6.51. The summed E-state index contributed by atoms with van der Waals surface area (Å²) in [5.41, 5.74) is 7.13. The monoisotopic (exact) mass is 482 g/mol. The average Bonchev–Trinajstić information content (AvgIpc) is 3.52. The van der Waals surface area contributed by atoms with Crippen LogP contribution in [-0.4, -0.2) is 16.6 Å². The Labute approximate surface area is 204 Å². The van der Waals surface area contributed by atoms with Crippen LogP contribution < -0.4 is 5.32 Å². The van der Waals surface area contributed by atoms with E-state index in [9.17, 15) is 4.79 Å². The Morgan fingerprint density at radius 3 is 2.55 bits per heavy atom. The Hall–Kier alpha value is -2.27. The van der Waals surface area contributed by atoms with Gasteiger partial charge < -0.3 is 14.6 Å². The summed E-state index contributed by atoms with van der Waals surface area (Å²) in [5, 5.41) is 4.29. The van der Waals surface area contributed by atoms with E-state index < -0.39 is 6.10 Å². The van der Waals surface area contributed by atoms with Crippen LogP contribution in [0.3, 0.4) is 0 Å². The summed E-state index contributed by atoms with van der Waals surface area (Å²) in [6, 6.07) is 15.3. The number of benzene rings is 2. The van der Waals surface area contributed by atoms with Crippen LogP contribution in [0, 0.1) is 6.92 Å². The normalized spacial score (nSPS) is 20.0. The van der Waals surface area contributed by atoms with Crippen molar-refractivity contribution in [2.45, 2.75) is 64.2 Å². The molecule has 2 aliphatic rings. The second-order valence-electron chi connectivity index (χ2n) is 9.03. The topological polar surface area (TPSA) is 46.6 Å². The molecule has 1 amide bonds. The van der Waals surface area contributed by atoms with Crippen molar-refractivity contribution in [2.75, 3.05) is 5.32 Å². The maximum absolute atomic E-state index is 12.9.